The molecule has 0 saturated heterocycles. The van der Waals surface area contributed by atoms with Crippen LogP contribution in [0.3, 0.4) is 0 Å². The van der Waals surface area contributed by atoms with Crippen molar-refractivity contribution in [1.29, 1.82) is 5.26 Å². The SMILES string of the molecule is N#Cc1cccn1-c1ncnc2c1CCCC2. The van der Waals surface area contributed by atoms with Crippen molar-refractivity contribution in [3.05, 3.63) is 41.6 Å². The summed E-state index contributed by atoms with van der Waals surface area (Å²) in [5.74, 6) is 0.872. The normalized spacial score (nSPS) is 14.1. The van der Waals surface area contributed by atoms with Crippen LogP contribution >= 0.6 is 0 Å². The van der Waals surface area contributed by atoms with Gasteiger partial charge in [-0.1, -0.05) is 0 Å². The molecule has 4 nitrogen and oxygen atoms in total. The molecule has 2 aromatic rings. The monoisotopic (exact) mass is 224 g/mol. The molecular weight excluding hydrogens is 212 g/mol. The fourth-order valence-electron chi connectivity index (χ4n) is 2.37. The minimum atomic E-state index is 0.622. The summed E-state index contributed by atoms with van der Waals surface area (Å²) in [4.78, 5) is 8.68. The second-order valence-corrected chi connectivity index (χ2v) is 4.20. The third kappa shape index (κ3) is 1.60. The lowest BCUT2D eigenvalue weighted by molar-refractivity contribution is 0.655. The van der Waals surface area contributed by atoms with Crippen molar-refractivity contribution < 1.29 is 0 Å². The number of aryl methyl sites for hydroxylation is 1. The van der Waals surface area contributed by atoms with E-state index in [4.69, 9.17) is 5.26 Å². The molecule has 84 valence electrons. The molecule has 0 saturated carbocycles. The molecule has 0 aromatic carbocycles. The van der Waals surface area contributed by atoms with Crippen LogP contribution in [0.25, 0.3) is 5.82 Å². The van der Waals surface area contributed by atoms with Gasteiger partial charge in [-0.2, -0.15) is 5.26 Å². The van der Waals surface area contributed by atoms with E-state index in [0.29, 0.717) is 5.69 Å². The summed E-state index contributed by atoms with van der Waals surface area (Å²) >= 11 is 0. The van der Waals surface area contributed by atoms with Crippen molar-refractivity contribution in [1.82, 2.24) is 14.5 Å². The molecule has 3 rings (SSSR count). The molecule has 1 aliphatic carbocycles. The van der Waals surface area contributed by atoms with E-state index in [0.717, 1.165) is 24.4 Å². The average Bonchev–Trinajstić information content (AvgIpc) is 2.86. The van der Waals surface area contributed by atoms with Gasteiger partial charge in [0.2, 0.25) is 0 Å². The Morgan fingerprint density at radius 2 is 2.12 bits per heavy atom. The van der Waals surface area contributed by atoms with Crippen LogP contribution in [-0.2, 0) is 12.8 Å². The van der Waals surface area contributed by atoms with E-state index in [1.165, 1.54) is 18.4 Å². The molecule has 0 radical (unpaired) electrons. The fraction of sp³-hybridized carbons (Fsp3) is 0.308. The Morgan fingerprint density at radius 1 is 1.24 bits per heavy atom. The van der Waals surface area contributed by atoms with Gasteiger partial charge in [0.15, 0.2) is 0 Å². The van der Waals surface area contributed by atoms with Crippen LogP contribution in [0, 0.1) is 11.3 Å². The summed E-state index contributed by atoms with van der Waals surface area (Å²) in [6.07, 6.45) is 7.88. The number of rotatable bonds is 1. The Kier molecular flexibility index (Phi) is 2.37. The molecule has 17 heavy (non-hydrogen) atoms. The molecule has 0 aliphatic heterocycles. The highest BCUT2D eigenvalue weighted by Gasteiger charge is 2.17. The van der Waals surface area contributed by atoms with Gasteiger partial charge in [-0.25, -0.2) is 9.97 Å². The summed E-state index contributed by atoms with van der Waals surface area (Å²) in [7, 11) is 0. The van der Waals surface area contributed by atoms with Gasteiger partial charge in [0, 0.05) is 17.5 Å². The molecule has 1 aliphatic rings. The first-order chi connectivity index (χ1) is 8.40. The van der Waals surface area contributed by atoms with Crippen LogP contribution in [0.15, 0.2) is 24.7 Å². The Morgan fingerprint density at radius 3 is 3.00 bits per heavy atom. The Hall–Kier alpha value is -2.15. The molecule has 0 bridgehead atoms. The van der Waals surface area contributed by atoms with E-state index in [9.17, 15) is 0 Å². The van der Waals surface area contributed by atoms with Crippen LogP contribution in [0.4, 0.5) is 0 Å². The van der Waals surface area contributed by atoms with E-state index >= 15 is 0 Å². The molecule has 0 atom stereocenters. The maximum atomic E-state index is 9.06. The molecule has 2 heterocycles. The molecule has 0 spiro atoms. The first-order valence-corrected chi connectivity index (χ1v) is 5.81. The Balaban J connectivity index is 2.19. The number of nitrogens with zero attached hydrogens (tertiary/aromatic N) is 4. The van der Waals surface area contributed by atoms with Gasteiger partial charge < -0.3 is 0 Å². The van der Waals surface area contributed by atoms with Crippen molar-refractivity contribution in [3.63, 3.8) is 0 Å². The van der Waals surface area contributed by atoms with Gasteiger partial charge in [-0.15, -0.1) is 0 Å². The van der Waals surface area contributed by atoms with E-state index in [1.54, 1.807) is 12.4 Å². The fourth-order valence-corrected chi connectivity index (χ4v) is 2.37. The summed E-state index contributed by atoms with van der Waals surface area (Å²) < 4.78 is 1.85. The van der Waals surface area contributed by atoms with E-state index in [1.807, 2.05) is 16.8 Å². The minimum absolute atomic E-state index is 0.622. The molecular formula is C13H12N4. The third-order valence-electron chi connectivity index (χ3n) is 3.19. The maximum Gasteiger partial charge on any atom is 0.144 e. The zero-order chi connectivity index (χ0) is 11.7. The number of hydrogen-bond donors (Lipinski definition) is 0. The van der Waals surface area contributed by atoms with E-state index in [2.05, 4.69) is 16.0 Å². The first-order valence-electron chi connectivity index (χ1n) is 5.81. The highest BCUT2D eigenvalue weighted by molar-refractivity contribution is 5.42. The topological polar surface area (TPSA) is 54.5 Å². The lowest BCUT2D eigenvalue weighted by atomic mass is 9.96. The Bertz CT molecular complexity index is 592. The van der Waals surface area contributed by atoms with Crippen LogP contribution in [0.5, 0.6) is 0 Å². The summed E-state index contributed by atoms with van der Waals surface area (Å²) in [6.45, 7) is 0. The van der Waals surface area contributed by atoms with Crippen LogP contribution in [-0.4, -0.2) is 14.5 Å². The molecule has 2 aromatic heterocycles. The predicted octanol–water partition coefficient (Wildman–Crippen LogP) is 2.02. The molecule has 0 fully saturated rings. The summed E-state index contributed by atoms with van der Waals surface area (Å²) in [5.41, 5.74) is 2.96. The number of fused-ring (bicyclic) bond motifs is 1. The molecule has 0 N–H and O–H groups in total. The van der Waals surface area contributed by atoms with E-state index in [-0.39, 0.29) is 0 Å². The standard InChI is InChI=1S/C13H12N4/c14-8-10-4-3-7-17(10)13-11-5-1-2-6-12(11)15-9-16-13/h3-4,7,9H,1-2,5-6H2. The number of hydrogen-bond acceptors (Lipinski definition) is 3. The highest BCUT2D eigenvalue weighted by Crippen LogP contribution is 2.24. The van der Waals surface area contributed by atoms with E-state index < -0.39 is 0 Å². The first kappa shape index (κ1) is 10.0. The predicted molar refractivity (Wildman–Crippen MR) is 62.7 cm³/mol. The van der Waals surface area contributed by atoms with Crippen molar-refractivity contribution in [2.75, 3.05) is 0 Å². The zero-order valence-corrected chi connectivity index (χ0v) is 9.43. The molecule has 0 amide bonds. The van der Waals surface area contributed by atoms with Gasteiger partial charge in [0.25, 0.3) is 0 Å². The van der Waals surface area contributed by atoms with Gasteiger partial charge in [-0.05, 0) is 37.8 Å². The summed E-state index contributed by atoms with van der Waals surface area (Å²) in [5, 5.41) is 9.06. The largest absolute Gasteiger partial charge is 0.292 e. The smallest absolute Gasteiger partial charge is 0.144 e. The lowest BCUT2D eigenvalue weighted by Crippen LogP contribution is -2.12. The Labute approximate surface area is 99.6 Å². The van der Waals surface area contributed by atoms with Crippen molar-refractivity contribution in [2.45, 2.75) is 25.7 Å². The van der Waals surface area contributed by atoms with Crippen LogP contribution < -0.4 is 0 Å². The highest BCUT2D eigenvalue weighted by atomic mass is 15.1. The van der Waals surface area contributed by atoms with Gasteiger partial charge in [0.1, 0.15) is 23.9 Å². The maximum absolute atomic E-state index is 9.06. The van der Waals surface area contributed by atoms with Crippen LogP contribution in [0.2, 0.25) is 0 Å². The van der Waals surface area contributed by atoms with Crippen molar-refractivity contribution in [2.24, 2.45) is 0 Å². The third-order valence-corrected chi connectivity index (χ3v) is 3.19. The van der Waals surface area contributed by atoms with Crippen LogP contribution in [0.1, 0.15) is 29.8 Å². The molecule has 0 unspecified atom stereocenters. The quantitative estimate of drug-likeness (QED) is 0.744. The van der Waals surface area contributed by atoms with Crippen molar-refractivity contribution in [3.8, 4) is 11.9 Å². The summed E-state index contributed by atoms with van der Waals surface area (Å²) in [6, 6.07) is 5.86. The number of aromatic nitrogens is 3. The second kappa shape index (κ2) is 4.02. The number of nitriles is 1. The lowest BCUT2D eigenvalue weighted by Gasteiger charge is -2.17. The average molecular weight is 224 g/mol. The minimum Gasteiger partial charge on any atom is -0.292 e. The molecule has 4 heteroatoms. The second-order valence-electron chi connectivity index (χ2n) is 4.20. The van der Waals surface area contributed by atoms with Gasteiger partial charge >= 0.3 is 0 Å². The van der Waals surface area contributed by atoms with Crippen molar-refractivity contribution >= 4 is 0 Å². The van der Waals surface area contributed by atoms with Gasteiger partial charge in [0.05, 0.1) is 0 Å². The van der Waals surface area contributed by atoms with Gasteiger partial charge in [-0.3, -0.25) is 4.57 Å². The zero-order valence-electron chi connectivity index (χ0n) is 9.43.